The molecule has 1 rings (SSSR count). The van der Waals surface area contributed by atoms with Gasteiger partial charge in [-0.2, -0.15) is 0 Å². The molecule has 0 N–H and O–H groups in total. The summed E-state index contributed by atoms with van der Waals surface area (Å²) >= 11 is 0. The third kappa shape index (κ3) is 4.08. The van der Waals surface area contributed by atoms with E-state index in [1.807, 2.05) is 13.8 Å². The third-order valence-electron chi connectivity index (χ3n) is 1.84. The van der Waals surface area contributed by atoms with Gasteiger partial charge < -0.3 is 9.47 Å². The van der Waals surface area contributed by atoms with E-state index >= 15 is 0 Å². The zero-order chi connectivity index (χ0) is 9.68. The average molecular weight is 184 g/mol. The molecule has 0 aromatic heterocycles. The summed E-state index contributed by atoms with van der Waals surface area (Å²) in [5, 5.41) is 0. The van der Waals surface area contributed by atoms with Crippen LogP contribution in [0.25, 0.3) is 0 Å². The Balaban J connectivity index is 2.18. The summed E-state index contributed by atoms with van der Waals surface area (Å²) in [5.74, 6) is -0.268. The molecular formula is C10H16O3. The first-order valence-electron chi connectivity index (χ1n) is 4.62. The molecule has 1 aliphatic heterocycles. The van der Waals surface area contributed by atoms with Crippen molar-refractivity contribution in [1.82, 2.24) is 0 Å². The number of ether oxygens (including phenoxy) is 2. The van der Waals surface area contributed by atoms with Crippen molar-refractivity contribution < 1.29 is 14.3 Å². The zero-order valence-corrected chi connectivity index (χ0v) is 8.21. The minimum atomic E-state index is -0.268. The van der Waals surface area contributed by atoms with Gasteiger partial charge in [0.15, 0.2) is 0 Å². The van der Waals surface area contributed by atoms with Gasteiger partial charge in [-0.15, -0.1) is 0 Å². The van der Waals surface area contributed by atoms with Gasteiger partial charge in [0.05, 0.1) is 6.10 Å². The van der Waals surface area contributed by atoms with Crippen molar-refractivity contribution in [2.24, 2.45) is 0 Å². The quantitative estimate of drug-likeness (QED) is 0.494. The van der Waals surface area contributed by atoms with E-state index in [-0.39, 0.29) is 12.1 Å². The van der Waals surface area contributed by atoms with Crippen LogP contribution in [0.2, 0.25) is 0 Å². The van der Waals surface area contributed by atoms with E-state index in [1.165, 1.54) is 6.08 Å². The molecule has 0 amide bonds. The van der Waals surface area contributed by atoms with Crippen LogP contribution in [-0.2, 0) is 14.3 Å². The summed E-state index contributed by atoms with van der Waals surface area (Å²) in [7, 11) is 0. The lowest BCUT2D eigenvalue weighted by Gasteiger charge is -2.08. The Morgan fingerprint density at radius 2 is 2.38 bits per heavy atom. The molecule has 0 aromatic rings. The maximum absolute atomic E-state index is 11.1. The molecule has 1 saturated heterocycles. The maximum atomic E-state index is 11.1. The number of allylic oxidation sites excluding steroid dienone is 1. The predicted molar refractivity (Wildman–Crippen MR) is 49.4 cm³/mol. The lowest BCUT2D eigenvalue weighted by Crippen LogP contribution is -2.16. The number of hydrogen-bond donors (Lipinski definition) is 0. The number of esters is 1. The molecular weight excluding hydrogens is 168 g/mol. The highest BCUT2D eigenvalue weighted by atomic mass is 16.6. The van der Waals surface area contributed by atoms with Gasteiger partial charge in [0.2, 0.25) is 0 Å². The first-order chi connectivity index (χ1) is 6.18. The molecule has 3 heteroatoms. The summed E-state index contributed by atoms with van der Waals surface area (Å²) in [5.41, 5.74) is 0.956. The van der Waals surface area contributed by atoms with E-state index in [0.717, 1.165) is 25.0 Å². The fourth-order valence-electron chi connectivity index (χ4n) is 1.23. The molecule has 1 atom stereocenters. The second-order valence-electron chi connectivity index (χ2n) is 3.49. The van der Waals surface area contributed by atoms with Crippen molar-refractivity contribution >= 4 is 5.97 Å². The molecule has 1 heterocycles. The van der Waals surface area contributed by atoms with Crippen LogP contribution in [0.1, 0.15) is 26.7 Å². The van der Waals surface area contributed by atoms with Gasteiger partial charge in [-0.25, -0.2) is 4.79 Å². The van der Waals surface area contributed by atoms with Gasteiger partial charge in [-0.1, -0.05) is 5.57 Å². The van der Waals surface area contributed by atoms with Crippen LogP contribution in [-0.4, -0.2) is 25.3 Å². The maximum Gasteiger partial charge on any atom is 0.330 e. The second-order valence-corrected chi connectivity index (χ2v) is 3.49. The third-order valence-corrected chi connectivity index (χ3v) is 1.84. The summed E-state index contributed by atoms with van der Waals surface area (Å²) < 4.78 is 10.3. The van der Waals surface area contributed by atoms with Crippen LogP contribution in [0.3, 0.4) is 0 Å². The van der Waals surface area contributed by atoms with Crippen LogP contribution in [0.15, 0.2) is 11.6 Å². The molecule has 0 spiro atoms. The van der Waals surface area contributed by atoms with Crippen LogP contribution >= 0.6 is 0 Å². The summed E-state index contributed by atoms with van der Waals surface area (Å²) in [6.45, 7) is 4.92. The Labute approximate surface area is 78.7 Å². The zero-order valence-electron chi connectivity index (χ0n) is 8.21. The van der Waals surface area contributed by atoms with Gasteiger partial charge >= 0.3 is 5.97 Å². The molecule has 1 aliphatic rings. The van der Waals surface area contributed by atoms with Gasteiger partial charge in [0.25, 0.3) is 0 Å². The Morgan fingerprint density at radius 1 is 1.62 bits per heavy atom. The van der Waals surface area contributed by atoms with Crippen molar-refractivity contribution in [3.8, 4) is 0 Å². The van der Waals surface area contributed by atoms with E-state index in [9.17, 15) is 4.79 Å². The normalized spacial score (nSPS) is 21.2. The average Bonchev–Trinajstić information content (AvgIpc) is 2.51. The van der Waals surface area contributed by atoms with E-state index in [0.29, 0.717) is 6.61 Å². The SMILES string of the molecule is CC(C)=CC(=O)OCC1CCCO1. The van der Waals surface area contributed by atoms with E-state index in [2.05, 4.69) is 0 Å². The Morgan fingerprint density at radius 3 is 2.92 bits per heavy atom. The van der Waals surface area contributed by atoms with Crippen LogP contribution < -0.4 is 0 Å². The number of hydrogen-bond acceptors (Lipinski definition) is 3. The van der Waals surface area contributed by atoms with Crippen molar-refractivity contribution in [2.75, 3.05) is 13.2 Å². The first-order valence-corrected chi connectivity index (χ1v) is 4.62. The second kappa shape index (κ2) is 5.02. The van der Waals surface area contributed by atoms with E-state index < -0.39 is 0 Å². The smallest absolute Gasteiger partial charge is 0.330 e. The highest BCUT2D eigenvalue weighted by molar-refractivity contribution is 5.82. The molecule has 74 valence electrons. The lowest BCUT2D eigenvalue weighted by atomic mass is 10.2. The molecule has 3 nitrogen and oxygen atoms in total. The minimum Gasteiger partial charge on any atom is -0.460 e. The molecule has 1 unspecified atom stereocenters. The van der Waals surface area contributed by atoms with E-state index in [4.69, 9.17) is 9.47 Å². The lowest BCUT2D eigenvalue weighted by molar-refractivity contribution is -0.140. The fraction of sp³-hybridized carbons (Fsp3) is 0.700. The largest absolute Gasteiger partial charge is 0.460 e. The summed E-state index contributed by atoms with van der Waals surface area (Å²) in [6.07, 6.45) is 3.69. The Hall–Kier alpha value is -0.830. The molecule has 0 aromatic carbocycles. The molecule has 0 bridgehead atoms. The topological polar surface area (TPSA) is 35.5 Å². The van der Waals surface area contributed by atoms with Gasteiger partial charge in [-0.05, 0) is 26.7 Å². The van der Waals surface area contributed by atoms with Crippen LogP contribution in [0, 0.1) is 0 Å². The molecule has 1 fully saturated rings. The van der Waals surface area contributed by atoms with Crippen LogP contribution in [0.4, 0.5) is 0 Å². The first kappa shape index (κ1) is 10.3. The minimum absolute atomic E-state index is 0.120. The highest BCUT2D eigenvalue weighted by Gasteiger charge is 2.16. The predicted octanol–water partition coefficient (Wildman–Crippen LogP) is 1.67. The van der Waals surface area contributed by atoms with Crippen LogP contribution in [0.5, 0.6) is 0 Å². The molecule has 0 saturated carbocycles. The number of rotatable bonds is 3. The number of carbonyl (C=O) groups is 1. The van der Waals surface area contributed by atoms with Crippen molar-refractivity contribution in [3.05, 3.63) is 11.6 Å². The van der Waals surface area contributed by atoms with Crippen molar-refractivity contribution in [2.45, 2.75) is 32.8 Å². The molecule has 0 aliphatic carbocycles. The van der Waals surface area contributed by atoms with Gasteiger partial charge in [0.1, 0.15) is 6.61 Å². The van der Waals surface area contributed by atoms with Crippen molar-refractivity contribution in [1.29, 1.82) is 0 Å². The molecule has 0 radical (unpaired) electrons. The Bertz CT molecular complexity index is 198. The number of carbonyl (C=O) groups excluding carboxylic acids is 1. The standard InChI is InChI=1S/C10H16O3/c1-8(2)6-10(11)13-7-9-4-3-5-12-9/h6,9H,3-5,7H2,1-2H3. The van der Waals surface area contributed by atoms with Gasteiger partial charge in [-0.3, -0.25) is 0 Å². The van der Waals surface area contributed by atoms with Gasteiger partial charge in [0, 0.05) is 12.7 Å². The fourth-order valence-corrected chi connectivity index (χ4v) is 1.23. The molecule has 13 heavy (non-hydrogen) atoms. The monoisotopic (exact) mass is 184 g/mol. The summed E-state index contributed by atoms with van der Waals surface area (Å²) in [4.78, 5) is 11.1. The van der Waals surface area contributed by atoms with E-state index in [1.54, 1.807) is 0 Å². The summed E-state index contributed by atoms with van der Waals surface area (Å²) in [6, 6.07) is 0. The Kier molecular flexibility index (Phi) is 3.96. The van der Waals surface area contributed by atoms with Crippen molar-refractivity contribution in [3.63, 3.8) is 0 Å². The highest BCUT2D eigenvalue weighted by Crippen LogP contribution is 2.11.